The van der Waals surface area contributed by atoms with E-state index in [2.05, 4.69) is 10.6 Å². The number of carbonyl (C=O) groups is 4. The Hall–Kier alpha value is -2.97. The van der Waals surface area contributed by atoms with Gasteiger partial charge >= 0.3 is 12.1 Å². The molecule has 1 fully saturated rings. The summed E-state index contributed by atoms with van der Waals surface area (Å²) in [7, 11) is 1.40. The molecule has 0 saturated carbocycles. The van der Waals surface area contributed by atoms with Crippen LogP contribution in [0.3, 0.4) is 0 Å². The summed E-state index contributed by atoms with van der Waals surface area (Å²) in [4.78, 5) is 47.0. The van der Waals surface area contributed by atoms with E-state index in [9.17, 15) is 23.6 Å². The van der Waals surface area contributed by atoms with Crippen LogP contribution in [0.4, 0.5) is 19.7 Å². The second kappa shape index (κ2) is 5.59. The second-order valence-electron chi connectivity index (χ2n) is 5.47. The number of aryl methyl sites for hydroxylation is 1. The first-order valence-corrected chi connectivity index (χ1v) is 7.23. The number of nitrogens with zero attached hydrogens (tertiary/aromatic N) is 1. The largest absolute Gasteiger partial charge is 0.427 e. The first-order chi connectivity index (χ1) is 11.4. The summed E-state index contributed by atoms with van der Waals surface area (Å²) in [6.45, 7) is -0.409. The summed E-state index contributed by atoms with van der Waals surface area (Å²) in [6, 6.07) is 1.92. The number of ether oxygens (including phenoxy) is 1. The number of halogens is 1. The lowest BCUT2D eigenvalue weighted by molar-refractivity contribution is -0.138. The van der Waals surface area contributed by atoms with Gasteiger partial charge in [-0.3, -0.25) is 4.79 Å². The minimum Gasteiger partial charge on any atom is -0.427 e. The lowest BCUT2D eigenvalue weighted by Gasteiger charge is -2.20. The van der Waals surface area contributed by atoms with Crippen molar-refractivity contribution in [1.82, 2.24) is 10.2 Å². The number of anilines is 1. The minimum absolute atomic E-state index is 0.0355. The second-order valence-corrected chi connectivity index (χ2v) is 5.47. The number of carbonyl (C=O) groups excluding carboxylic acids is 4. The molecule has 2 aliphatic rings. The predicted molar refractivity (Wildman–Crippen MR) is 78.7 cm³/mol. The summed E-state index contributed by atoms with van der Waals surface area (Å²) in [5.41, 5.74) is -0.792. The van der Waals surface area contributed by atoms with Crippen LogP contribution in [0.2, 0.25) is 0 Å². The van der Waals surface area contributed by atoms with Crippen molar-refractivity contribution >= 4 is 30.0 Å². The molecule has 2 N–H and O–H groups in total. The van der Waals surface area contributed by atoms with Crippen molar-refractivity contribution in [2.24, 2.45) is 0 Å². The van der Waals surface area contributed by atoms with Crippen LogP contribution < -0.4 is 10.6 Å². The fourth-order valence-electron chi connectivity index (χ4n) is 3.04. The fraction of sp³-hybridized carbons (Fsp3) is 0.333. The highest BCUT2D eigenvalue weighted by molar-refractivity contribution is 6.05. The molecule has 24 heavy (non-hydrogen) atoms. The Morgan fingerprint density at radius 1 is 1.46 bits per heavy atom. The maximum absolute atomic E-state index is 14.3. The molecule has 126 valence electrons. The third-order valence-electron chi connectivity index (χ3n) is 4.18. The van der Waals surface area contributed by atoms with Gasteiger partial charge in [-0.2, -0.15) is 0 Å². The third-order valence-corrected chi connectivity index (χ3v) is 4.18. The highest BCUT2D eigenvalue weighted by Gasteiger charge is 2.58. The van der Waals surface area contributed by atoms with E-state index in [1.807, 2.05) is 0 Å². The van der Waals surface area contributed by atoms with Crippen molar-refractivity contribution in [2.75, 3.05) is 18.9 Å². The summed E-state index contributed by atoms with van der Waals surface area (Å²) in [6.07, 6.45) is 0.0233. The SMILES string of the molecule is CNC(=O)Nc1cc2c(cc1F)[C@]1(CC2)OC(=O)N(CC=O)C1=O. The maximum Gasteiger partial charge on any atom is 0.418 e. The molecule has 1 aromatic rings. The van der Waals surface area contributed by atoms with E-state index in [0.717, 1.165) is 6.07 Å². The van der Waals surface area contributed by atoms with Gasteiger partial charge in [-0.15, -0.1) is 0 Å². The number of imide groups is 1. The first kappa shape index (κ1) is 15.9. The molecule has 8 nitrogen and oxygen atoms in total. The number of nitrogens with one attached hydrogen (secondary N) is 2. The Morgan fingerprint density at radius 2 is 2.21 bits per heavy atom. The van der Waals surface area contributed by atoms with Crippen LogP contribution >= 0.6 is 0 Å². The number of rotatable bonds is 3. The number of hydrogen-bond donors (Lipinski definition) is 2. The molecule has 0 aromatic heterocycles. The van der Waals surface area contributed by atoms with E-state index in [-0.39, 0.29) is 17.7 Å². The van der Waals surface area contributed by atoms with Crippen LogP contribution in [-0.2, 0) is 26.3 Å². The van der Waals surface area contributed by atoms with Gasteiger partial charge in [0.2, 0.25) is 5.60 Å². The van der Waals surface area contributed by atoms with Gasteiger partial charge in [0, 0.05) is 19.0 Å². The lowest BCUT2D eigenvalue weighted by Crippen LogP contribution is -2.38. The van der Waals surface area contributed by atoms with E-state index >= 15 is 0 Å². The number of urea groups is 1. The summed E-state index contributed by atoms with van der Waals surface area (Å²) < 4.78 is 19.5. The van der Waals surface area contributed by atoms with Gasteiger partial charge in [-0.1, -0.05) is 0 Å². The topological polar surface area (TPSA) is 105 Å². The number of amides is 4. The first-order valence-electron chi connectivity index (χ1n) is 7.23. The van der Waals surface area contributed by atoms with E-state index < -0.39 is 36.0 Å². The molecule has 1 heterocycles. The Morgan fingerprint density at radius 3 is 2.88 bits per heavy atom. The molecule has 0 unspecified atom stereocenters. The van der Waals surface area contributed by atoms with E-state index in [1.165, 1.54) is 13.1 Å². The molecule has 0 bridgehead atoms. The molecule has 1 aromatic carbocycles. The highest BCUT2D eigenvalue weighted by atomic mass is 19.1. The van der Waals surface area contributed by atoms with Crippen molar-refractivity contribution in [3.63, 3.8) is 0 Å². The van der Waals surface area contributed by atoms with Crippen molar-refractivity contribution in [2.45, 2.75) is 18.4 Å². The molecule has 9 heteroatoms. The normalized spacial score (nSPS) is 21.7. The van der Waals surface area contributed by atoms with Gasteiger partial charge in [0.05, 0.1) is 12.2 Å². The van der Waals surface area contributed by atoms with E-state index in [1.54, 1.807) is 0 Å². The monoisotopic (exact) mass is 335 g/mol. The van der Waals surface area contributed by atoms with Crippen molar-refractivity contribution in [3.8, 4) is 0 Å². The van der Waals surface area contributed by atoms with Crippen LogP contribution in [0.15, 0.2) is 12.1 Å². The number of hydrogen-bond acceptors (Lipinski definition) is 5. The molecule has 0 radical (unpaired) electrons. The van der Waals surface area contributed by atoms with E-state index in [4.69, 9.17) is 4.74 Å². The van der Waals surface area contributed by atoms with E-state index in [0.29, 0.717) is 23.2 Å². The van der Waals surface area contributed by atoms with Crippen LogP contribution in [0.25, 0.3) is 0 Å². The van der Waals surface area contributed by atoms with Crippen LogP contribution in [0, 0.1) is 5.82 Å². The molecule has 1 aliphatic heterocycles. The fourth-order valence-corrected chi connectivity index (χ4v) is 3.04. The molecule has 1 aliphatic carbocycles. The highest BCUT2D eigenvalue weighted by Crippen LogP contribution is 2.46. The van der Waals surface area contributed by atoms with Gasteiger partial charge in [0.15, 0.2) is 0 Å². The Balaban J connectivity index is 2.00. The summed E-state index contributed by atoms with van der Waals surface area (Å²) >= 11 is 0. The average Bonchev–Trinajstić information content (AvgIpc) is 3.01. The number of fused-ring (bicyclic) bond motifs is 2. The molecule has 1 atom stereocenters. The number of benzene rings is 1. The van der Waals surface area contributed by atoms with Crippen LogP contribution in [0.1, 0.15) is 17.5 Å². The van der Waals surface area contributed by atoms with Crippen LogP contribution in [-0.4, -0.2) is 42.8 Å². The zero-order chi connectivity index (χ0) is 17.5. The molecular weight excluding hydrogens is 321 g/mol. The Labute approximate surface area is 135 Å². The third kappa shape index (κ3) is 2.20. The van der Waals surface area contributed by atoms with Gasteiger partial charge in [-0.05, 0) is 24.1 Å². The average molecular weight is 335 g/mol. The van der Waals surface area contributed by atoms with Gasteiger partial charge in [0.25, 0.3) is 5.91 Å². The maximum atomic E-state index is 14.3. The summed E-state index contributed by atoms with van der Waals surface area (Å²) in [5, 5.41) is 4.65. The molecule has 1 saturated heterocycles. The zero-order valence-electron chi connectivity index (χ0n) is 12.7. The Bertz CT molecular complexity index is 766. The predicted octanol–water partition coefficient (Wildman–Crippen LogP) is 0.896. The Kier molecular flexibility index (Phi) is 3.70. The quantitative estimate of drug-likeness (QED) is 0.799. The number of aldehydes is 1. The van der Waals surface area contributed by atoms with Crippen molar-refractivity contribution in [1.29, 1.82) is 0 Å². The molecule has 3 rings (SSSR count). The molecule has 1 spiro atoms. The van der Waals surface area contributed by atoms with Crippen LogP contribution in [0.5, 0.6) is 0 Å². The van der Waals surface area contributed by atoms with Crippen molar-refractivity contribution in [3.05, 3.63) is 29.1 Å². The zero-order valence-corrected chi connectivity index (χ0v) is 12.7. The van der Waals surface area contributed by atoms with Gasteiger partial charge < -0.3 is 20.2 Å². The summed E-state index contributed by atoms with van der Waals surface area (Å²) in [5.74, 6) is -1.43. The smallest absolute Gasteiger partial charge is 0.418 e. The minimum atomic E-state index is -1.60. The van der Waals surface area contributed by atoms with Gasteiger partial charge in [-0.25, -0.2) is 18.9 Å². The standard InChI is InChI=1S/C15H14FN3O5/c1-17-13(22)18-11-6-8-2-3-15(9(8)7-10(11)16)12(21)19(4-5-20)14(23)24-15/h5-7H,2-4H2,1H3,(H2,17,18,22)/t15-/m0/s1. The molecule has 4 amide bonds. The van der Waals surface area contributed by atoms with Gasteiger partial charge in [0.1, 0.15) is 12.1 Å². The van der Waals surface area contributed by atoms with Crippen molar-refractivity contribution < 1.29 is 28.3 Å². The lowest BCUT2D eigenvalue weighted by atomic mass is 9.94. The molecular formula is C15H14FN3O5.